The second kappa shape index (κ2) is 9.36. The Morgan fingerprint density at radius 1 is 0.903 bits per heavy atom. The molecule has 0 aliphatic carbocycles. The molecule has 5 nitrogen and oxygen atoms in total. The third-order valence-corrected chi connectivity index (χ3v) is 5.64. The van der Waals surface area contributed by atoms with E-state index in [0.717, 1.165) is 27.4 Å². The van der Waals surface area contributed by atoms with Crippen molar-refractivity contribution in [2.75, 3.05) is 7.11 Å². The molecular formula is C25H20N2O3S. The van der Waals surface area contributed by atoms with Gasteiger partial charge in [-0.15, -0.1) is 11.3 Å². The summed E-state index contributed by atoms with van der Waals surface area (Å²) < 4.78 is 4.71. The second-order valence-corrected chi connectivity index (χ2v) is 7.72. The number of amides is 1. The Labute approximate surface area is 184 Å². The molecule has 1 N–H and O–H groups in total. The fourth-order valence-corrected chi connectivity index (χ4v) is 3.98. The molecular weight excluding hydrogens is 408 g/mol. The molecule has 1 heterocycles. The second-order valence-electron chi connectivity index (χ2n) is 6.86. The zero-order valence-corrected chi connectivity index (χ0v) is 17.7. The normalized spacial score (nSPS) is 10.5. The predicted octanol–water partition coefficient (Wildman–Crippen LogP) is 5.19. The number of carbonyl (C=O) groups is 2. The number of hydrogen-bond donors (Lipinski definition) is 1. The van der Waals surface area contributed by atoms with Crippen molar-refractivity contribution >= 4 is 23.2 Å². The van der Waals surface area contributed by atoms with Crippen LogP contribution in [0.25, 0.3) is 21.8 Å². The largest absolute Gasteiger partial charge is 0.465 e. The van der Waals surface area contributed by atoms with Gasteiger partial charge in [-0.05, 0) is 29.8 Å². The Morgan fingerprint density at radius 2 is 1.65 bits per heavy atom. The molecule has 154 valence electrons. The van der Waals surface area contributed by atoms with E-state index >= 15 is 0 Å². The van der Waals surface area contributed by atoms with E-state index in [1.165, 1.54) is 13.2 Å². The lowest BCUT2D eigenvalue weighted by atomic mass is 10.1. The van der Waals surface area contributed by atoms with E-state index in [4.69, 9.17) is 9.72 Å². The molecule has 3 aromatic carbocycles. The van der Waals surface area contributed by atoms with Gasteiger partial charge in [0, 0.05) is 28.6 Å². The van der Waals surface area contributed by atoms with Gasteiger partial charge in [0.15, 0.2) is 0 Å². The number of esters is 1. The molecule has 0 bridgehead atoms. The molecule has 0 fully saturated rings. The topological polar surface area (TPSA) is 68.3 Å². The quantitative estimate of drug-likeness (QED) is 0.429. The van der Waals surface area contributed by atoms with Gasteiger partial charge in [0.2, 0.25) is 0 Å². The summed E-state index contributed by atoms with van der Waals surface area (Å²) in [6.07, 6.45) is 0. The summed E-state index contributed by atoms with van der Waals surface area (Å²) >= 11 is 1.59. The van der Waals surface area contributed by atoms with Gasteiger partial charge in [0.25, 0.3) is 5.91 Å². The number of rotatable bonds is 6. The van der Waals surface area contributed by atoms with Crippen LogP contribution in [0.5, 0.6) is 0 Å². The molecule has 0 unspecified atom stereocenters. The third kappa shape index (κ3) is 4.87. The standard InChI is InChI=1S/C25H20N2O3S/c1-30-25(29)21-12-6-10-19(14-21)23(28)26-15-17-7-5-11-20(13-17)24-27-22(16-31-24)18-8-3-2-4-9-18/h2-14,16H,15H2,1H3,(H,26,28). The van der Waals surface area contributed by atoms with E-state index in [0.29, 0.717) is 17.7 Å². The molecule has 31 heavy (non-hydrogen) atoms. The lowest BCUT2D eigenvalue weighted by Gasteiger charge is -2.08. The van der Waals surface area contributed by atoms with Gasteiger partial charge in [0.05, 0.1) is 18.4 Å². The van der Waals surface area contributed by atoms with Crippen molar-refractivity contribution in [3.8, 4) is 21.8 Å². The monoisotopic (exact) mass is 428 g/mol. The maximum Gasteiger partial charge on any atom is 0.337 e. The van der Waals surface area contributed by atoms with Crippen LogP contribution in [-0.2, 0) is 11.3 Å². The maximum absolute atomic E-state index is 12.5. The number of nitrogens with one attached hydrogen (secondary N) is 1. The number of benzene rings is 3. The average molecular weight is 429 g/mol. The molecule has 0 radical (unpaired) electrons. The van der Waals surface area contributed by atoms with Gasteiger partial charge in [-0.3, -0.25) is 4.79 Å². The van der Waals surface area contributed by atoms with Crippen LogP contribution in [0.2, 0.25) is 0 Å². The van der Waals surface area contributed by atoms with Gasteiger partial charge in [0.1, 0.15) is 5.01 Å². The number of aromatic nitrogens is 1. The summed E-state index contributed by atoms with van der Waals surface area (Å²) in [6, 6.07) is 24.5. The summed E-state index contributed by atoms with van der Waals surface area (Å²) in [6.45, 7) is 0.367. The summed E-state index contributed by atoms with van der Waals surface area (Å²) in [7, 11) is 1.31. The van der Waals surface area contributed by atoms with Crippen LogP contribution in [0.15, 0.2) is 84.2 Å². The van der Waals surface area contributed by atoms with E-state index < -0.39 is 5.97 Å². The highest BCUT2D eigenvalue weighted by molar-refractivity contribution is 7.13. The van der Waals surface area contributed by atoms with Crippen molar-refractivity contribution in [1.29, 1.82) is 0 Å². The lowest BCUT2D eigenvalue weighted by molar-refractivity contribution is 0.0600. The Hall–Kier alpha value is -3.77. The Bertz CT molecular complexity index is 1220. The van der Waals surface area contributed by atoms with E-state index in [1.54, 1.807) is 29.5 Å². The Balaban J connectivity index is 1.45. The molecule has 0 aliphatic rings. The van der Waals surface area contributed by atoms with Crippen LogP contribution in [0, 0.1) is 0 Å². The third-order valence-electron chi connectivity index (χ3n) is 4.75. The first-order valence-electron chi connectivity index (χ1n) is 9.71. The summed E-state index contributed by atoms with van der Waals surface area (Å²) in [5.41, 5.74) is 4.76. The Kier molecular flexibility index (Phi) is 6.19. The van der Waals surface area contributed by atoms with Crippen LogP contribution in [-0.4, -0.2) is 24.0 Å². The first-order valence-corrected chi connectivity index (χ1v) is 10.6. The number of hydrogen-bond acceptors (Lipinski definition) is 5. The van der Waals surface area contributed by atoms with Gasteiger partial charge < -0.3 is 10.1 Å². The van der Waals surface area contributed by atoms with Crippen LogP contribution in [0.4, 0.5) is 0 Å². The van der Waals surface area contributed by atoms with Crippen LogP contribution < -0.4 is 5.32 Å². The maximum atomic E-state index is 12.5. The van der Waals surface area contributed by atoms with Gasteiger partial charge in [-0.2, -0.15) is 0 Å². The van der Waals surface area contributed by atoms with Gasteiger partial charge >= 0.3 is 5.97 Å². The first kappa shape index (κ1) is 20.5. The molecule has 1 amide bonds. The van der Waals surface area contributed by atoms with Crippen molar-refractivity contribution in [2.45, 2.75) is 6.54 Å². The molecule has 0 aliphatic heterocycles. The number of nitrogens with zero attached hydrogens (tertiary/aromatic N) is 1. The van der Waals surface area contributed by atoms with Crippen molar-refractivity contribution in [2.24, 2.45) is 0 Å². The number of methoxy groups -OCH3 is 1. The minimum absolute atomic E-state index is 0.253. The predicted molar refractivity (Wildman–Crippen MR) is 122 cm³/mol. The highest BCUT2D eigenvalue weighted by atomic mass is 32.1. The van der Waals surface area contributed by atoms with Crippen molar-refractivity contribution < 1.29 is 14.3 Å². The number of carbonyl (C=O) groups excluding carboxylic acids is 2. The summed E-state index contributed by atoms with van der Waals surface area (Å²) in [5.74, 6) is -0.725. The van der Waals surface area contributed by atoms with Crippen molar-refractivity contribution in [3.05, 3.63) is 101 Å². The summed E-state index contributed by atoms with van der Waals surface area (Å²) in [4.78, 5) is 29.0. The minimum Gasteiger partial charge on any atom is -0.465 e. The molecule has 0 atom stereocenters. The highest BCUT2D eigenvalue weighted by Crippen LogP contribution is 2.29. The molecule has 1 aromatic heterocycles. The fourth-order valence-electron chi connectivity index (χ4n) is 3.15. The van der Waals surface area contributed by atoms with E-state index in [-0.39, 0.29) is 5.91 Å². The SMILES string of the molecule is COC(=O)c1cccc(C(=O)NCc2cccc(-c3nc(-c4ccccc4)cs3)c2)c1. The lowest BCUT2D eigenvalue weighted by Crippen LogP contribution is -2.23. The van der Waals surface area contributed by atoms with Crippen molar-refractivity contribution in [1.82, 2.24) is 10.3 Å². The summed E-state index contributed by atoms with van der Waals surface area (Å²) in [5, 5.41) is 5.88. The van der Waals surface area contributed by atoms with Gasteiger partial charge in [-0.1, -0.05) is 54.6 Å². The minimum atomic E-state index is -0.472. The molecule has 4 rings (SSSR count). The molecule has 0 saturated heterocycles. The fraction of sp³-hybridized carbons (Fsp3) is 0.0800. The van der Waals surface area contributed by atoms with E-state index in [1.807, 2.05) is 60.0 Å². The molecule has 4 aromatic rings. The first-order chi connectivity index (χ1) is 15.1. The smallest absolute Gasteiger partial charge is 0.337 e. The molecule has 0 spiro atoms. The van der Waals surface area contributed by atoms with E-state index in [9.17, 15) is 9.59 Å². The Morgan fingerprint density at radius 3 is 2.45 bits per heavy atom. The van der Waals surface area contributed by atoms with Crippen LogP contribution >= 0.6 is 11.3 Å². The average Bonchev–Trinajstić information content (AvgIpc) is 3.33. The van der Waals surface area contributed by atoms with Crippen LogP contribution in [0.1, 0.15) is 26.3 Å². The van der Waals surface area contributed by atoms with Crippen LogP contribution in [0.3, 0.4) is 0 Å². The van der Waals surface area contributed by atoms with E-state index in [2.05, 4.69) is 5.32 Å². The molecule has 6 heteroatoms. The molecule has 0 saturated carbocycles. The number of thiazole rings is 1. The van der Waals surface area contributed by atoms with Gasteiger partial charge in [-0.25, -0.2) is 9.78 Å². The highest BCUT2D eigenvalue weighted by Gasteiger charge is 2.11. The number of ether oxygens (including phenoxy) is 1. The zero-order chi connectivity index (χ0) is 21.6. The zero-order valence-electron chi connectivity index (χ0n) is 16.9. The van der Waals surface area contributed by atoms with Crippen molar-refractivity contribution in [3.63, 3.8) is 0 Å².